The molecule has 5 rings (SSSR count). The van der Waals surface area contributed by atoms with Gasteiger partial charge in [0.25, 0.3) is 10.0 Å². The molecule has 2 heterocycles. The summed E-state index contributed by atoms with van der Waals surface area (Å²) in [7, 11) is -3.79. The van der Waals surface area contributed by atoms with Crippen LogP contribution >= 0.6 is 46.3 Å². The lowest BCUT2D eigenvalue weighted by Gasteiger charge is -2.11. The first-order valence-electron chi connectivity index (χ1n) is 11.2. The summed E-state index contributed by atoms with van der Waals surface area (Å²) >= 11 is 14.7. The number of aromatic nitrogens is 4. The predicted molar refractivity (Wildman–Crippen MR) is 156 cm³/mol. The SMILES string of the molecule is O=C(CSc1nnc(-c2cccc(Cl)c2)n1-c1ccc(Cl)cc1)Nc1ccc(S(=O)(=O)Nc2nccs2)cc1. The lowest BCUT2D eigenvalue weighted by molar-refractivity contribution is -0.113. The molecule has 0 aliphatic rings. The summed E-state index contributed by atoms with van der Waals surface area (Å²) in [6.07, 6.45) is 1.51. The number of benzene rings is 3. The van der Waals surface area contributed by atoms with Crippen molar-refractivity contribution in [1.82, 2.24) is 19.7 Å². The largest absolute Gasteiger partial charge is 0.325 e. The molecule has 9 nitrogen and oxygen atoms in total. The molecule has 14 heteroatoms. The molecule has 2 aromatic heterocycles. The van der Waals surface area contributed by atoms with Gasteiger partial charge in [-0.15, -0.1) is 21.5 Å². The first-order chi connectivity index (χ1) is 18.8. The van der Waals surface area contributed by atoms with Crippen molar-refractivity contribution in [1.29, 1.82) is 0 Å². The van der Waals surface area contributed by atoms with E-state index in [2.05, 4.69) is 25.2 Å². The highest BCUT2D eigenvalue weighted by atomic mass is 35.5. The van der Waals surface area contributed by atoms with E-state index in [1.165, 1.54) is 53.6 Å². The van der Waals surface area contributed by atoms with E-state index in [9.17, 15) is 13.2 Å². The lowest BCUT2D eigenvalue weighted by atomic mass is 10.2. The van der Waals surface area contributed by atoms with Gasteiger partial charge in [0.15, 0.2) is 16.1 Å². The molecule has 2 N–H and O–H groups in total. The Morgan fingerprint density at radius 3 is 2.44 bits per heavy atom. The Bertz CT molecular complexity index is 1710. The van der Waals surface area contributed by atoms with Crippen LogP contribution in [0.3, 0.4) is 0 Å². The molecular formula is C25H18Cl2N6O3S3. The van der Waals surface area contributed by atoms with E-state index in [1.807, 2.05) is 28.8 Å². The van der Waals surface area contributed by atoms with Crippen LogP contribution in [0.2, 0.25) is 10.0 Å². The van der Waals surface area contributed by atoms with Crippen molar-refractivity contribution in [3.63, 3.8) is 0 Å². The second-order valence-corrected chi connectivity index (χ2v) is 12.3. The van der Waals surface area contributed by atoms with Gasteiger partial charge in [0.1, 0.15) is 0 Å². The summed E-state index contributed by atoms with van der Waals surface area (Å²) in [5.74, 6) is 0.296. The molecule has 198 valence electrons. The van der Waals surface area contributed by atoms with Crippen molar-refractivity contribution in [3.8, 4) is 17.1 Å². The van der Waals surface area contributed by atoms with Gasteiger partial charge in [-0.05, 0) is 60.7 Å². The van der Waals surface area contributed by atoms with Crippen LogP contribution in [0.25, 0.3) is 17.1 Å². The molecule has 0 radical (unpaired) electrons. The van der Waals surface area contributed by atoms with Crippen molar-refractivity contribution in [2.45, 2.75) is 10.1 Å². The maximum atomic E-state index is 12.7. The zero-order chi connectivity index (χ0) is 27.4. The van der Waals surface area contributed by atoms with Gasteiger partial charge < -0.3 is 5.32 Å². The summed E-state index contributed by atoms with van der Waals surface area (Å²) in [6.45, 7) is 0. The first kappa shape index (κ1) is 27.2. The zero-order valence-corrected chi connectivity index (χ0v) is 23.7. The van der Waals surface area contributed by atoms with E-state index in [0.29, 0.717) is 26.7 Å². The summed E-state index contributed by atoms with van der Waals surface area (Å²) in [6, 6.07) is 20.3. The van der Waals surface area contributed by atoms with Crippen LogP contribution < -0.4 is 10.0 Å². The number of amides is 1. The van der Waals surface area contributed by atoms with Crippen molar-refractivity contribution in [3.05, 3.63) is 94.4 Å². The van der Waals surface area contributed by atoms with Gasteiger partial charge >= 0.3 is 0 Å². The second-order valence-electron chi connectivity index (χ2n) is 7.93. The Morgan fingerprint density at radius 1 is 0.974 bits per heavy atom. The second kappa shape index (κ2) is 11.8. The Morgan fingerprint density at radius 2 is 1.74 bits per heavy atom. The number of carbonyl (C=O) groups is 1. The highest BCUT2D eigenvalue weighted by Crippen LogP contribution is 2.30. The Kier molecular flexibility index (Phi) is 8.19. The summed E-state index contributed by atoms with van der Waals surface area (Å²) < 4.78 is 29.3. The number of halogens is 2. The van der Waals surface area contributed by atoms with E-state index >= 15 is 0 Å². The summed E-state index contributed by atoms with van der Waals surface area (Å²) in [4.78, 5) is 16.7. The number of rotatable bonds is 9. The van der Waals surface area contributed by atoms with Crippen LogP contribution in [-0.4, -0.2) is 39.8 Å². The molecular weight excluding hydrogens is 599 g/mol. The highest BCUT2D eigenvalue weighted by Gasteiger charge is 2.19. The molecule has 0 unspecified atom stereocenters. The topological polar surface area (TPSA) is 119 Å². The normalized spacial score (nSPS) is 11.3. The standard InChI is InChI=1S/C25H18Cl2N6O3S3/c26-17-4-8-20(9-5-17)33-23(16-2-1-3-18(27)14-16)30-31-25(33)38-15-22(34)29-19-6-10-21(11-7-19)39(35,36)32-24-28-12-13-37-24/h1-14H,15H2,(H,28,32)(H,29,34). The fourth-order valence-corrected chi connectivity index (χ4v) is 6.35. The monoisotopic (exact) mass is 616 g/mol. The Balaban J connectivity index is 1.30. The molecule has 0 saturated heterocycles. The number of hydrogen-bond acceptors (Lipinski definition) is 8. The number of hydrogen-bond donors (Lipinski definition) is 2. The third-order valence-electron chi connectivity index (χ3n) is 5.24. The number of carbonyl (C=O) groups excluding carboxylic acids is 1. The van der Waals surface area contributed by atoms with Crippen molar-refractivity contribution < 1.29 is 13.2 Å². The van der Waals surface area contributed by atoms with Crippen LogP contribution in [0.5, 0.6) is 0 Å². The fourth-order valence-electron chi connectivity index (χ4n) is 3.49. The lowest BCUT2D eigenvalue weighted by Crippen LogP contribution is -2.15. The summed E-state index contributed by atoms with van der Waals surface area (Å²) in [5, 5.41) is 15.0. The number of anilines is 2. The molecule has 5 aromatic rings. The molecule has 3 aromatic carbocycles. The van der Waals surface area contributed by atoms with E-state index in [-0.39, 0.29) is 21.7 Å². The number of nitrogens with one attached hydrogen (secondary N) is 2. The highest BCUT2D eigenvalue weighted by molar-refractivity contribution is 7.99. The van der Waals surface area contributed by atoms with Gasteiger partial charge in [-0.2, -0.15) is 0 Å². The number of sulfonamides is 1. The maximum Gasteiger partial charge on any atom is 0.263 e. The molecule has 39 heavy (non-hydrogen) atoms. The number of nitrogens with zero attached hydrogens (tertiary/aromatic N) is 4. The number of thiazole rings is 1. The van der Waals surface area contributed by atoms with Gasteiger partial charge in [0.05, 0.1) is 10.6 Å². The molecule has 0 aliphatic carbocycles. The third-order valence-corrected chi connectivity index (χ3v) is 8.82. The minimum atomic E-state index is -3.79. The van der Waals surface area contributed by atoms with Gasteiger partial charge in [-0.25, -0.2) is 13.4 Å². The Labute approximate surface area is 242 Å². The van der Waals surface area contributed by atoms with Crippen molar-refractivity contribution in [2.75, 3.05) is 15.8 Å². The van der Waals surface area contributed by atoms with Crippen LogP contribution in [-0.2, 0) is 14.8 Å². The van der Waals surface area contributed by atoms with E-state index < -0.39 is 10.0 Å². The van der Waals surface area contributed by atoms with E-state index in [0.717, 1.165) is 11.3 Å². The van der Waals surface area contributed by atoms with Crippen LogP contribution in [0.1, 0.15) is 0 Å². The fraction of sp³-hybridized carbons (Fsp3) is 0.0400. The maximum absolute atomic E-state index is 12.7. The first-order valence-corrected chi connectivity index (χ1v) is 15.3. The molecule has 0 fully saturated rings. The quantitative estimate of drug-likeness (QED) is 0.188. The molecule has 0 bridgehead atoms. The Hall–Kier alpha value is -3.42. The zero-order valence-electron chi connectivity index (χ0n) is 19.8. The molecule has 0 aliphatic heterocycles. The van der Waals surface area contributed by atoms with E-state index in [1.54, 1.807) is 29.6 Å². The van der Waals surface area contributed by atoms with Crippen LogP contribution in [0.4, 0.5) is 10.8 Å². The number of thioether (sulfide) groups is 1. The molecule has 0 saturated carbocycles. The minimum absolute atomic E-state index is 0.0346. The van der Waals surface area contributed by atoms with Gasteiger partial charge in [-0.1, -0.05) is 47.1 Å². The van der Waals surface area contributed by atoms with Crippen molar-refractivity contribution >= 4 is 73.0 Å². The predicted octanol–water partition coefficient (Wildman–Crippen LogP) is 6.23. The van der Waals surface area contributed by atoms with Gasteiger partial charge in [0, 0.05) is 38.6 Å². The van der Waals surface area contributed by atoms with Crippen molar-refractivity contribution in [2.24, 2.45) is 0 Å². The molecule has 0 spiro atoms. The average molecular weight is 618 g/mol. The van der Waals surface area contributed by atoms with Gasteiger partial charge in [-0.3, -0.25) is 14.1 Å². The molecule has 0 atom stereocenters. The van der Waals surface area contributed by atoms with E-state index in [4.69, 9.17) is 23.2 Å². The molecule has 1 amide bonds. The minimum Gasteiger partial charge on any atom is -0.325 e. The third kappa shape index (κ3) is 6.60. The summed E-state index contributed by atoms with van der Waals surface area (Å²) in [5.41, 5.74) is 1.98. The van der Waals surface area contributed by atoms with Crippen LogP contribution in [0, 0.1) is 0 Å². The average Bonchev–Trinajstić information content (AvgIpc) is 3.58. The smallest absolute Gasteiger partial charge is 0.263 e. The van der Waals surface area contributed by atoms with Gasteiger partial charge in [0.2, 0.25) is 5.91 Å². The van der Waals surface area contributed by atoms with Crippen LogP contribution in [0.15, 0.2) is 94.4 Å².